The molecule has 1 atom stereocenters. The summed E-state index contributed by atoms with van der Waals surface area (Å²) in [7, 11) is -2.34. The third kappa shape index (κ3) is 6.05. The molecule has 0 aliphatic carbocycles. The zero-order valence-electron chi connectivity index (χ0n) is 19.8. The van der Waals surface area contributed by atoms with Crippen LogP contribution in [0.25, 0.3) is 0 Å². The molecule has 0 bridgehead atoms. The molecule has 3 aromatic carbocycles. The Balaban J connectivity index is 1.58. The summed E-state index contributed by atoms with van der Waals surface area (Å²) in [5.74, 6) is 0.417. The second kappa shape index (κ2) is 10.7. The third-order valence-electron chi connectivity index (χ3n) is 5.86. The average Bonchev–Trinajstić information content (AvgIpc) is 3.40. The minimum absolute atomic E-state index is 0.163. The molecule has 1 unspecified atom stereocenters. The Morgan fingerprint density at radius 2 is 1.57 bits per heavy atom. The van der Waals surface area contributed by atoms with Crippen molar-refractivity contribution in [3.8, 4) is 5.75 Å². The van der Waals surface area contributed by atoms with Crippen molar-refractivity contribution in [3.05, 3.63) is 72.8 Å². The van der Waals surface area contributed by atoms with E-state index in [0.29, 0.717) is 28.5 Å². The first-order valence-corrected chi connectivity index (χ1v) is 13.0. The lowest BCUT2D eigenvalue weighted by Crippen LogP contribution is -2.32. The lowest BCUT2D eigenvalue weighted by Gasteiger charge is -2.23. The second-order valence-electron chi connectivity index (χ2n) is 8.43. The van der Waals surface area contributed by atoms with Crippen LogP contribution < -0.4 is 25.0 Å². The Morgan fingerprint density at radius 3 is 2.23 bits per heavy atom. The number of anilines is 4. The van der Waals surface area contributed by atoms with Crippen molar-refractivity contribution in [1.82, 2.24) is 0 Å². The van der Waals surface area contributed by atoms with E-state index in [-0.39, 0.29) is 10.8 Å². The second-order valence-corrected chi connectivity index (χ2v) is 10.1. The molecule has 0 spiro atoms. The predicted octanol–water partition coefficient (Wildman–Crippen LogP) is 4.54. The number of carbonyl (C=O) groups is 1. The number of methoxy groups -OCH3 is 1. The highest BCUT2D eigenvalue weighted by atomic mass is 32.2. The zero-order valence-corrected chi connectivity index (χ0v) is 20.6. The smallest absolute Gasteiger partial charge is 0.264 e. The highest BCUT2D eigenvalue weighted by Crippen LogP contribution is 2.32. The summed E-state index contributed by atoms with van der Waals surface area (Å²) >= 11 is 0. The average molecular weight is 495 g/mol. The van der Waals surface area contributed by atoms with Gasteiger partial charge in [0.15, 0.2) is 0 Å². The lowest BCUT2D eigenvalue weighted by molar-refractivity contribution is -0.116. The van der Waals surface area contributed by atoms with Crippen LogP contribution in [-0.4, -0.2) is 40.6 Å². The molecule has 184 valence electrons. The van der Waals surface area contributed by atoms with Crippen molar-refractivity contribution in [2.75, 3.05) is 40.5 Å². The van der Waals surface area contributed by atoms with E-state index >= 15 is 0 Å². The van der Waals surface area contributed by atoms with Crippen LogP contribution in [0.15, 0.2) is 77.7 Å². The number of carbonyl (C=O) groups excluding carboxylic acids is 1. The maximum atomic E-state index is 13.5. The first kappa shape index (κ1) is 24.4. The van der Waals surface area contributed by atoms with Crippen molar-refractivity contribution in [3.63, 3.8) is 0 Å². The number of amides is 1. The molecule has 1 aliphatic heterocycles. The standard InChI is InChI=1S/C26H30N4O4S/c1-19(26(31)28-20-8-4-3-5-9-20)27-22-12-15-24(30-16-6-7-17-30)25(18-22)35(32,33)29-21-10-13-23(34-2)14-11-21/h3-5,8-15,18-19,27,29H,6-7,16-17H2,1-2H3,(H,28,31). The molecule has 3 N–H and O–H groups in total. The van der Waals surface area contributed by atoms with Gasteiger partial charge in [0.2, 0.25) is 5.91 Å². The van der Waals surface area contributed by atoms with Crippen molar-refractivity contribution in [1.29, 1.82) is 0 Å². The molecular weight excluding hydrogens is 464 g/mol. The number of nitrogens with zero attached hydrogens (tertiary/aromatic N) is 1. The highest BCUT2D eigenvalue weighted by molar-refractivity contribution is 7.92. The maximum Gasteiger partial charge on any atom is 0.264 e. The van der Waals surface area contributed by atoms with Gasteiger partial charge in [-0.05, 0) is 74.4 Å². The molecule has 4 rings (SSSR count). The van der Waals surface area contributed by atoms with Gasteiger partial charge in [-0.1, -0.05) is 18.2 Å². The normalized spacial score (nSPS) is 14.3. The van der Waals surface area contributed by atoms with E-state index in [1.54, 1.807) is 50.4 Å². The number of hydrogen-bond acceptors (Lipinski definition) is 6. The Bertz CT molecular complexity index is 1260. The van der Waals surface area contributed by atoms with Gasteiger partial charge in [-0.2, -0.15) is 0 Å². The molecule has 1 saturated heterocycles. The van der Waals surface area contributed by atoms with Gasteiger partial charge in [0.05, 0.1) is 12.8 Å². The van der Waals surface area contributed by atoms with Crippen LogP contribution in [0.1, 0.15) is 19.8 Å². The molecule has 8 nitrogen and oxygen atoms in total. The quantitative estimate of drug-likeness (QED) is 0.404. The number of ether oxygens (including phenoxy) is 1. The van der Waals surface area contributed by atoms with Crippen LogP contribution in [0.4, 0.5) is 22.7 Å². The Hall–Kier alpha value is -3.72. The van der Waals surface area contributed by atoms with Gasteiger partial charge in [0.1, 0.15) is 16.7 Å². The van der Waals surface area contributed by atoms with E-state index in [1.165, 1.54) is 0 Å². The van der Waals surface area contributed by atoms with Crippen molar-refractivity contribution in [2.45, 2.75) is 30.7 Å². The fraction of sp³-hybridized carbons (Fsp3) is 0.269. The highest BCUT2D eigenvalue weighted by Gasteiger charge is 2.25. The molecule has 9 heteroatoms. The molecule has 1 fully saturated rings. The molecular formula is C26H30N4O4S. The number of rotatable bonds is 9. The molecule has 0 saturated carbocycles. The largest absolute Gasteiger partial charge is 0.497 e. The molecule has 0 aromatic heterocycles. The minimum atomic E-state index is -3.90. The summed E-state index contributed by atoms with van der Waals surface area (Å²) in [6.07, 6.45) is 2.03. The summed E-state index contributed by atoms with van der Waals surface area (Å²) < 4.78 is 34.8. The lowest BCUT2D eigenvalue weighted by atomic mass is 10.2. The Morgan fingerprint density at radius 1 is 0.914 bits per heavy atom. The van der Waals surface area contributed by atoms with Crippen LogP contribution in [0.2, 0.25) is 0 Å². The van der Waals surface area contributed by atoms with Gasteiger partial charge in [-0.15, -0.1) is 0 Å². The number of nitrogens with one attached hydrogen (secondary N) is 3. The Labute approximate surface area is 206 Å². The Kier molecular flexibility index (Phi) is 7.45. The van der Waals surface area contributed by atoms with Gasteiger partial charge in [-0.3, -0.25) is 9.52 Å². The van der Waals surface area contributed by atoms with E-state index in [9.17, 15) is 13.2 Å². The number of para-hydroxylation sites is 1. The van der Waals surface area contributed by atoms with Gasteiger partial charge in [-0.25, -0.2) is 8.42 Å². The fourth-order valence-corrected chi connectivity index (χ4v) is 5.31. The van der Waals surface area contributed by atoms with Gasteiger partial charge >= 0.3 is 0 Å². The molecule has 1 aliphatic rings. The van der Waals surface area contributed by atoms with E-state index in [1.807, 2.05) is 36.4 Å². The van der Waals surface area contributed by atoms with E-state index in [0.717, 1.165) is 25.9 Å². The van der Waals surface area contributed by atoms with Crippen LogP contribution in [0.5, 0.6) is 5.75 Å². The van der Waals surface area contributed by atoms with E-state index < -0.39 is 16.1 Å². The number of hydrogen-bond donors (Lipinski definition) is 3. The summed E-state index contributed by atoms with van der Waals surface area (Å²) in [5.41, 5.74) is 2.32. The third-order valence-corrected chi connectivity index (χ3v) is 7.27. The summed E-state index contributed by atoms with van der Waals surface area (Å²) in [6.45, 7) is 3.33. The molecule has 3 aromatic rings. The predicted molar refractivity (Wildman–Crippen MR) is 140 cm³/mol. The molecule has 1 amide bonds. The van der Waals surface area contributed by atoms with E-state index in [2.05, 4.69) is 20.3 Å². The fourth-order valence-electron chi connectivity index (χ4n) is 4.00. The van der Waals surface area contributed by atoms with Crippen LogP contribution >= 0.6 is 0 Å². The van der Waals surface area contributed by atoms with E-state index in [4.69, 9.17) is 4.74 Å². The van der Waals surface area contributed by atoms with Crippen molar-refractivity contribution >= 4 is 38.7 Å². The van der Waals surface area contributed by atoms with Crippen molar-refractivity contribution < 1.29 is 17.9 Å². The SMILES string of the molecule is COc1ccc(NS(=O)(=O)c2cc(NC(C)C(=O)Nc3ccccc3)ccc2N2CCCC2)cc1. The number of sulfonamides is 1. The maximum absolute atomic E-state index is 13.5. The monoisotopic (exact) mass is 494 g/mol. The molecule has 1 heterocycles. The summed E-state index contributed by atoms with van der Waals surface area (Å²) in [5, 5.41) is 5.99. The molecule has 35 heavy (non-hydrogen) atoms. The topological polar surface area (TPSA) is 99.8 Å². The van der Waals surface area contributed by atoms with Crippen LogP contribution in [-0.2, 0) is 14.8 Å². The van der Waals surface area contributed by atoms with Gasteiger partial charge in [0.25, 0.3) is 10.0 Å². The zero-order chi connectivity index (χ0) is 24.8. The molecule has 0 radical (unpaired) electrons. The van der Waals surface area contributed by atoms with Crippen LogP contribution in [0.3, 0.4) is 0 Å². The van der Waals surface area contributed by atoms with Gasteiger partial charge in [0, 0.05) is 30.2 Å². The van der Waals surface area contributed by atoms with Crippen LogP contribution in [0, 0.1) is 0 Å². The van der Waals surface area contributed by atoms with Crippen molar-refractivity contribution in [2.24, 2.45) is 0 Å². The summed E-state index contributed by atoms with van der Waals surface area (Å²) in [4.78, 5) is 14.9. The minimum Gasteiger partial charge on any atom is -0.497 e. The number of benzene rings is 3. The summed E-state index contributed by atoms with van der Waals surface area (Å²) in [6, 6.07) is 20.5. The first-order chi connectivity index (χ1) is 16.9. The first-order valence-electron chi connectivity index (χ1n) is 11.5. The van der Waals surface area contributed by atoms with Gasteiger partial charge < -0.3 is 20.3 Å².